The van der Waals surface area contributed by atoms with Crippen LogP contribution in [-0.2, 0) is 24.4 Å². The lowest BCUT2D eigenvalue weighted by molar-refractivity contribution is -0.131. The van der Waals surface area contributed by atoms with Gasteiger partial charge in [-0.3, -0.25) is 9.79 Å². The summed E-state index contributed by atoms with van der Waals surface area (Å²) in [5.41, 5.74) is 2.54. The minimum Gasteiger partial charge on any atom is -0.356 e. The number of aliphatic imine (C=N–C) groups is 1. The summed E-state index contributed by atoms with van der Waals surface area (Å²) in [5, 5.41) is 3.36. The largest absolute Gasteiger partial charge is 0.356 e. The molecule has 0 saturated heterocycles. The Labute approximate surface area is 196 Å². The predicted octanol–water partition coefficient (Wildman–Crippen LogP) is 4.46. The van der Waals surface area contributed by atoms with Crippen LogP contribution in [0.2, 0.25) is 0 Å². The second-order valence-corrected chi connectivity index (χ2v) is 9.21. The van der Waals surface area contributed by atoms with Crippen molar-refractivity contribution >= 4 is 63.1 Å². The van der Waals surface area contributed by atoms with Crippen LogP contribution in [0, 0.1) is 0 Å². The molecule has 1 aromatic carbocycles. The van der Waals surface area contributed by atoms with Gasteiger partial charge in [0.25, 0.3) is 0 Å². The van der Waals surface area contributed by atoms with Gasteiger partial charge in [0, 0.05) is 45.0 Å². The molecule has 1 aliphatic rings. The number of fused-ring (bicyclic) bond motifs is 1. The molecule has 1 N–H and O–H groups in total. The summed E-state index contributed by atoms with van der Waals surface area (Å²) < 4.78 is 1.14. The van der Waals surface area contributed by atoms with E-state index in [4.69, 9.17) is 0 Å². The van der Waals surface area contributed by atoms with E-state index in [-0.39, 0.29) is 29.9 Å². The molecule has 8 heteroatoms. The number of hydrogen-bond donors (Lipinski definition) is 1. The number of benzene rings is 1. The van der Waals surface area contributed by atoms with Crippen molar-refractivity contribution in [3.05, 3.63) is 56.2 Å². The minimum atomic E-state index is 0. The Bertz CT molecular complexity index is 801. The fourth-order valence-corrected chi connectivity index (χ4v) is 4.77. The lowest BCUT2D eigenvalue weighted by Crippen LogP contribution is -2.39. The summed E-state index contributed by atoms with van der Waals surface area (Å²) in [6.45, 7) is 3.02. The van der Waals surface area contributed by atoms with Crippen LogP contribution < -0.4 is 5.32 Å². The van der Waals surface area contributed by atoms with Gasteiger partial charge < -0.3 is 15.1 Å². The van der Waals surface area contributed by atoms with E-state index in [1.165, 1.54) is 16.0 Å². The van der Waals surface area contributed by atoms with E-state index in [9.17, 15) is 4.79 Å². The van der Waals surface area contributed by atoms with Gasteiger partial charge in [-0.15, -0.1) is 35.3 Å². The molecule has 1 amide bonds. The maximum absolute atomic E-state index is 12.5. The van der Waals surface area contributed by atoms with Crippen LogP contribution in [0.5, 0.6) is 0 Å². The van der Waals surface area contributed by atoms with E-state index in [1.807, 2.05) is 24.1 Å². The van der Waals surface area contributed by atoms with Crippen LogP contribution in [0.4, 0.5) is 0 Å². The van der Waals surface area contributed by atoms with E-state index >= 15 is 0 Å². The van der Waals surface area contributed by atoms with Gasteiger partial charge >= 0.3 is 0 Å². The third kappa shape index (κ3) is 6.18. The molecule has 3 rings (SSSR count). The van der Waals surface area contributed by atoms with Crippen molar-refractivity contribution < 1.29 is 4.79 Å². The lowest BCUT2D eigenvalue weighted by Gasteiger charge is -2.21. The smallest absolute Gasteiger partial charge is 0.223 e. The quantitative estimate of drug-likeness (QED) is 0.239. The zero-order valence-corrected chi connectivity index (χ0v) is 20.9. The fraction of sp³-hybridized carbons (Fsp3) is 0.400. The number of carbonyl (C=O) groups is 1. The molecule has 1 aromatic heterocycles. The molecule has 0 fully saturated rings. The minimum absolute atomic E-state index is 0. The molecule has 0 spiro atoms. The van der Waals surface area contributed by atoms with Gasteiger partial charge in [-0.05, 0) is 45.6 Å². The average molecular weight is 577 g/mol. The van der Waals surface area contributed by atoms with Gasteiger partial charge in [0.15, 0.2) is 5.96 Å². The Morgan fingerprint density at radius 3 is 2.50 bits per heavy atom. The van der Waals surface area contributed by atoms with Crippen LogP contribution in [0.15, 0.2) is 45.2 Å². The Kier molecular flexibility index (Phi) is 9.23. The van der Waals surface area contributed by atoms with Crippen LogP contribution >= 0.6 is 51.2 Å². The highest BCUT2D eigenvalue weighted by Gasteiger charge is 2.22. The van der Waals surface area contributed by atoms with Crippen LogP contribution in [0.25, 0.3) is 0 Å². The van der Waals surface area contributed by atoms with Crippen LogP contribution in [-0.4, -0.2) is 42.3 Å². The molecule has 152 valence electrons. The molecule has 0 unspecified atom stereocenters. The Morgan fingerprint density at radius 2 is 1.93 bits per heavy atom. The third-order valence-electron chi connectivity index (χ3n) is 4.64. The molecule has 1 aliphatic heterocycles. The molecular weight excluding hydrogens is 551 g/mol. The maximum atomic E-state index is 12.5. The van der Waals surface area contributed by atoms with E-state index in [0.29, 0.717) is 6.42 Å². The van der Waals surface area contributed by atoms with Crippen molar-refractivity contribution in [2.45, 2.75) is 32.5 Å². The summed E-state index contributed by atoms with van der Waals surface area (Å²) in [4.78, 5) is 22.1. The van der Waals surface area contributed by atoms with Crippen molar-refractivity contribution in [1.82, 2.24) is 15.1 Å². The normalized spacial score (nSPS) is 13.1. The number of nitrogens with zero attached hydrogens (tertiary/aromatic N) is 3. The van der Waals surface area contributed by atoms with Gasteiger partial charge in [-0.1, -0.05) is 24.3 Å². The monoisotopic (exact) mass is 576 g/mol. The number of guanidine groups is 1. The third-order valence-corrected chi connectivity index (χ3v) is 6.25. The van der Waals surface area contributed by atoms with Crippen molar-refractivity contribution in [3.8, 4) is 0 Å². The van der Waals surface area contributed by atoms with Crippen molar-refractivity contribution in [3.63, 3.8) is 0 Å². The SMILES string of the molecule is CN=C(NCCCC(=O)N1Cc2ccccc2C1)N(C)Cc1ccc(Br)s1.I. The number of carbonyl (C=O) groups excluding carboxylic acids is 1. The summed E-state index contributed by atoms with van der Waals surface area (Å²) in [6, 6.07) is 12.5. The number of hydrogen-bond acceptors (Lipinski definition) is 3. The number of amides is 1. The first-order chi connectivity index (χ1) is 13.1. The van der Waals surface area contributed by atoms with Crippen molar-refractivity contribution in [2.75, 3.05) is 20.6 Å². The standard InChI is InChI=1S/C20H25BrN4OS.HI/c1-22-20(24(2)14-17-9-10-18(21)27-17)23-11-5-8-19(26)25-12-15-6-3-4-7-16(15)13-25;/h3-4,6-7,9-10H,5,8,11-14H2,1-2H3,(H,22,23);1H. The van der Waals surface area contributed by atoms with Gasteiger partial charge in [0.1, 0.15) is 0 Å². The first-order valence-corrected chi connectivity index (χ1v) is 10.7. The maximum Gasteiger partial charge on any atom is 0.223 e. The molecule has 5 nitrogen and oxygen atoms in total. The molecule has 0 atom stereocenters. The molecule has 2 heterocycles. The Hall–Kier alpha value is -1.13. The zero-order chi connectivity index (χ0) is 19.2. The molecule has 0 bridgehead atoms. The summed E-state index contributed by atoms with van der Waals surface area (Å²) in [5.74, 6) is 1.07. The molecular formula is C20H26BrIN4OS. The summed E-state index contributed by atoms with van der Waals surface area (Å²) >= 11 is 5.22. The van der Waals surface area contributed by atoms with Crippen LogP contribution in [0.1, 0.15) is 28.8 Å². The first-order valence-electron chi connectivity index (χ1n) is 9.07. The van der Waals surface area contributed by atoms with Crippen molar-refractivity contribution in [1.29, 1.82) is 0 Å². The highest BCUT2D eigenvalue weighted by atomic mass is 127. The second kappa shape index (κ2) is 11.2. The van der Waals surface area contributed by atoms with E-state index in [0.717, 1.165) is 42.3 Å². The van der Waals surface area contributed by atoms with Crippen LogP contribution in [0.3, 0.4) is 0 Å². The van der Waals surface area contributed by atoms with E-state index < -0.39 is 0 Å². The number of thiophene rings is 1. The highest BCUT2D eigenvalue weighted by molar-refractivity contribution is 14.0. The van der Waals surface area contributed by atoms with Gasteiger partial charge in [-0.2, -0.15) is 0 Å². The predicted molar refractivity (Wildman–Crippen MR) is 130 cm³/mol. The lowest BCUT2D eigenvalue weighted by atomic mass is 10.1. The van der Waals surface area contributed by atoms with E-state index in [2.05, 4.69) is 55.4 Å². The van der Waals surface area contributed by atoms with E-state index in [1.54, 1.807) is 18.4 Å². The summed E-state index contributed by atoms with van der Waals surface area (Å²) in [7, 11) is 3.81. The molecule has 0 saturated carbocycles. The highest BCUT2D eigenvalue weighted by Crippen LogP contribution is 2.23. The van der Waals surface area contributed by atoms with Crippen molar-refractivity contribution in [2.24, 2.45) is 4.99 Å². The Morgan fingerprint density at radius 1 is 1.25 bits per heavy atom. The number of nitrogens with one attached hydrogen (secondary N) is 1. The second-order valence-electron chi connectivity index (χ2n) is 6.66. The fourth-order valence-electron chi connectivity index (χ4n) is 3.24. The first kappa shape index (κ1) is 23.2. The van der Waals surface area contributed by atoms with Gasteiger partial charge in [-0.25, -0.2) is 0 Å². The molecule has 0 aliphatic carbocycles. The topological polar surface area (TPSA) is 47.9 Å². The number of rotatable bonds is 6. The zero-order valence-electron chi connectivity index (χ0n) is 16.2. The molecule has 2 aromatic rings. The number of halogens is 2. The van der Waals surface area contributed by atoms with Gasteiger partial charge in [0.05, 0.1) is 10.3 Å². The average Bonchev–Trinajstić information content (AvgIpc) is 3.27. The summed E-state index contributed by atoms with van der Waals surface area (Å²) in [6.07, 6.45) is 1.35. The van der Waals surface area contributed by atoms with Gasteiger partial charge in [0.2, 0.25) is 5.91 Å². The Balaban J connectivity index is 0.00000280. The molecule has 28 heavy (non-hydrogen) atoms. The molecule has 0 radical (unpaired) electrons.